The number of hydrogen-bond donors (Lipinski definition) is 1. The van der Waals surface area contributed by atoms with Crippen LogP contribution in [0.4, 0.5) is 5.95 Å². The van der Waals surface area contributed by atoms with Gasteiger partial charge in [0.15, 0.2) is 0 Å². The van der Waals surface area contributed by atoms with E-state index in [4.69, 9.17) is 9.97 Å². The van der Waals surface area contributed by atoms with Gasteiger partial charge in [0.25, 0.3) is 0 Å². The summed E-state index contributed by atoms with van der Waals surface area (Å²) in [5.41, 5.74) is 3.95. The second-order valence-electron chi connectivity index (χ2n) is 5.97. The third kappa shape index (κ3) is 2.95. The van der Waals surface area contributed by atoms with Crippen molar-refractivity contribution in [1.82, 2.24) is 15.3 Å². The summed E-state index contributed by atoms with van der Waals surface area (Å²) in [5.74, 6) is 0.996. The molecule has 0 unspecified atom stereocenters. The van der Waals surface area contributed by atoms with Gasteiger partial charge in [0.2, 0.25) is 5.95 Å². The fourth-order valence-electron chi connectivity index (χ4n) is 3.25. The Hall–Kier alpha value is -1.16. The van der Waals surface area contributed by atoms with E-state index in [1.165, 1.54) is 42.6 Å². The number of aryl methyl sites for hydroxylation is 1. The molecular formula is C16H26N4. The first-order valence-electron chi connectivity index (χ1n) is 8.23. The lowest BCUT2D eigenvalue weighted by atomic mass is 10.0. The fraction of sp³-hybridized carbons (Fsp3) is 0.750. The van der Waals surface area contributed by atoms with Crippen LogP contribution >= 0.6 is 0 Å². The van der Waals surface area contributed by atoms with Crippen LogP contribution in [0.1, 0.15) is 56.0 Å². The molecule has 1 saturated heterocycles. The van der Waals surface area contributed by atoms with Gasteiger partial charge in [0.1, 0.15) is 0 Å². The van der Waals surface area contributed by atoms with E-state index in [1.54, 1.807) is 0 Å². The van der Waals surface area contributed by atoms with Gasteiger partial charge in [-0.25, -0.2) is 9.97 Å². The van der Waals surface area contributed by atoms with E-state index < -0.39 is 0 Å². The van der Waals surface area contributed by atoms with E-state index in [0.717, 1.165) is 51.4 Å². The van der Waals surface area contributed by atoms with Crippen molar-refractivity contribution in [2.45, 2.75) is 58.4 Å². The molecule has 1 aromatic rings. The minimum Gasteiger partial charge on any atom is -0.341 e. The van der Waals surface area contributed by atoms with E-state index >= 15 is 0 Å². The van der Waals surface area contributed by atoms with Crippen LogP contribution < -0.4 is 10.2 Å². The molecule has 4 nitrogen and oxygen atoms in total. The van der Waals surface area contributed by atoms with Crippen molar-refractivity contribution >= 4 is 5.95 Å². The van der Waals surface area contributed by atoms with Gasteiger partial charge in [-0.3, -0.25) is 0 Å². The van der Waals surface area contributed by atoms with E-state index in [0.29, 0.717) is 0 Å². The van der Waals surface area contributed by atoms with Crippen LogP contribution in [0, 0.1) is 0 Å². The minimum absolute atomic E-state index is 0.949. The number of fused-ring (bicyclic) bond motifs is 1. The van der Waals surface area contributed by atoms with Gasteiger partial charge in [-0.2, -0.15) is 0 Å². The van der Waals surface area contributed by atoms with Crippen molar-refractivity contribution in [2.75, 3.05) is 24.5 Å². The highest BCUT2D eigenvalue weighted by Crippen LogP contribution is 2.22. The van der Waals surface area contributed by atoms with Crippen molar-refractivity contribution in [2.24, 2.45) is 0 Å². The van der Waals surface area contributed by atoms with E-state index in [2.05, 4.69) is 17.1 Å². The molecule has 3 rings (SSSR count). The van der Waals surface area contributed by atoms with Crippen molar-refractivity contribution in [1.29, 1.82) is 0 Å². The summed E-state index contributed by atoms with van der Waals surface area (Å²) in [6, 6.07) is 0. The monoisotopic (exact) mass is 274 g/mol. The van der Waals surface area contributed by atoms with Gasteiger partial charge in [0.05, 0.1) is 11.4 Å². The molecule has 110 valence electrons. The average Bonchev–Trinajstić information content (AvgIpc) is 2.76. The molecule has 1 fully saturated rings. The lowest BCUT2D eigenvalue weighted by Crippen LogP contribution is -2.31. The van der Waals surface area contributed by atoms with Crippen molar-refractivity contribution < 1.29 is 0 Å². The highest BCUT2D eigenvalue weighted by atomic mass is 15.3. The van der Waals surface area contributed by atoms with Gasteiger partial charge in [-0.1, -0.05) is 26.2 Å². The summed E-state index contributed by atoms with van der Waals surface area (Å²) in [6.07, 6.45) is 8.56. The largest absolute Gasteiger partial charge is 0.341 e. The maximum Gasteiger partial charge on any atom is 0.225 e. The Morgan fingerprint density at radius 1 is 1.10 bits per heavy atom. The molecule has 3 heterocycles. The quantitative estimate of drug-likeness (QED) is 0.919. The number of hydrogen-bond acceptors (Lipinski definition) is 4. The van der Waals surface area contributed by atoms with Gasteiger partial charge < -0.3 is 10.2 Å². The summed E-state index contributed by atoms with van der Waals surface area (Å²) in [4.78, 5) is 12.2. The summed E-state index contributed by atoms with van der Waals surface area (Å²) in [6.45, 7) is 6.49. The predicted molar refractivity (Wildman–Crippen MR) is 82.1 cm³/mol. The van der Waals surface area contributed by atoms with Crippen molar-refractivity contribution in [3.63, 3.8) is 0 Å². The molecule has 0 aromatic carbocycles. The molecular weight excluding hydrogens is 248 g/mol. The SMILES string of the molecule is CCCc1nc(N2CCCCCC2)nc2c1CNCC2. The first-order chi connectivity index (χ1) is 9.88. The van der Waals surface area contributed by atoms with Crippen LogP contribution in [0.2, 0.25) is 0 Å². The molecule has 0 amide bonds. The summed E-state index contributed by atoms with van der Waals surface area (Å²) in [7, 11) is 0. The Bertz CT molecular complexity index is 450. The summed E-state index contributed by atoms with van der Waals surface area (Å²) >= 11 is 0. The molecule has 0 bridgehead atoms. The maximum atomic E-state index is 4.92. The normalized spacial score (nSPS) is 19.6. The third-order valence-corrected chi connectivity index (χ3v) is 4.38. The molecule has 0 spiro atoms. The summed E-state index contributed by atoms with van der Waals surface area (Å²) in [5, 5.41) is 3.46. The number of nitrogens with zero attached hydrogens (tertiary/aromatic N) is 3. The average molecular weight is 274 g/mol. The number of aromatic nitrogens is 2. The zero-order chi connectivity index (χ0) is 13.8. The molecule has 4 heteroatoms. The molecule has 2 aliphatic rings. The van der Waals surface area contributed by atoms with Crippen LogP contribution in [0.5, 0.6) is 0 Å². The molecule has 1 N–H and O–H groups in total. The van der Waals surface area contributed by atoms with Crippen LogP contribution in [0.3, 0.4) is 0 Å². The van der Waals surface area contributed by atoms with Gasteiger partial charge in [0, 0.05) is 38.2 Å². The first kappa shape index (κ1) is 13.8. The first-order valence-corrected chi connectivity index (χ1v) is 8.23. The second-order valence-corrected chi connectivity index (χ2v) is 5.97. The predicted octanol–water partition coefficient (Wildman–Crippen LogP) is 2.46. The summed E-state index contributed by atoms with van der Waals surface area (Å²) < 4.78 is 0. The molecule has 0 aliphatic carbocycles. The lowest BCUT2D eigenvalue weighted by molar-refractivity contribution is 0.610. The van der Waals surface area contributed by atoms with Crippen LogP contribution in [0.15, 0.2) is 0 Å². The van der Waals surface area contributed by atoms with Crippen LogP contribution in [-0.2, 0) is 19.4 Å². The Morgan fingerprint density at radius 3 is 2.65 bits per heavy atom. The second kappa shape index (κ2) is 6.53. The highest BCUT2D eigenvalue weighted by molar-refractivity contribution is 5.38. The van der Waals surface area contributed by atoms with Crippen molar-refractivity contribution in [3.05, 3.63) is 17.0 Å². The number of nitrogens with one attached hydrogen (secondary N) is 1. The highest BCUT2D eigenvalue weighted by Gasteiger charge is 2.20. The number of anilines is 1. The molecule has 2 aliphatic heterocycles. The Morgan fingerprint density at radius 2 is 1.90 bits per heavy atom. The van der Waals surface area contributed by atoms with Gasteiger partial charge in [-0.05, 0) is 19.3 Å². The topological polar surface area (TPSA) is 41.1 Å². The van der Waals surface area contributed by atoms with Gasteiger partial charge in [-0.15, -0.1) is 0 Å². The Balaban J connectivity index is 1.91. The number of rotatable bonds is 3. The molecule has 0 atom stereocenters. The molecule has 0 radical (unpaired) electrons. The molecule has 20 heavy (non-hydrogen) atoms. The minimum atomic E-state index is 0.949. The molecule has 1 aromatic heterocycles. The van der Waals surface area contributed by atoms with Crippen molar-refractivity contribution in [3.8, 4) is 0 Å². The standard InChI is InChI=1S/C16H26N4/c1-2-7-14-13-12-17-9-8-15(13)19-16(18-14)20-10-5-3-4-6-11-20/h17H,2-12H2,1H3. The van der Waals surface area contributed by atoms with E-state index in [1.807, 2.05) is 0 Å². The third-order valence-electron chi connectivity index (χ3n) is 4.38. The lowest BCUT2D eigenvalue weighted by Gasteiger charge is -2.25. The van der Waals surface area contributed by atoms with Gasteiger partial charge >= 0.3 is 0 Å². The molecule has 0 saturated carbocycles. The maximum absolute atomic E-state index is 4.92. The smallest absolute Gasteiger partial charge is 0.225 e. The fourth-order valence-corrected chi connectivity index (χ4v) is 3.25. The zero-order valence-corrected chi connectivity index (χ0v) is 12.6. The Labute approximate surface area is 122 Å². The van der Waals surface area contributed by atoms with E-state index in [9.17, 15) is 0 Å². The van der Waals surface area contributed by atoms with Crippen LogP contribution in [-0.4, -0.2) is 29.6 Å². The van der Waals surface area contributed by atoms with E-state index in [-0.39, 0.29) is 0 Å². The zero-order valence-electron chi connectivity index (χ0n) is 12.6. The van der Waals surface area contributed by atoms with Crippen LogP contribution in [0.25, 0.3) is 0 Å². The Kier molecular flexibility index (Phi) is 4.51.